The normalized spacial score (nSPS) is 12.2. The van der Waals surface area contributed by atoms with Crippen LogP contribution in [0, 0.1) is 5.92 Å². The number of carboxylic acids is 2. The Labute approximate surface area is 135 Å². The zero-order valence-electron chi connectivity index (χ0n) is 14.2. The highest BCUT2D eigenvalue weighted by atomic mass is 16.4. The molecule has 0 aliphatic heterocycles. The monoisotopic (exact) mass is 314 g/mol. The third kappa shape index (κ3) is 17.0. The van der Waals surface area contributed by atoms with E-state index < -0.39 is 11.9 Å². The Bertz CT molecular complexity index is 289. The molecule has 0 aliphatic carbocycles. The van der Waals surface area contributed by atoms with Crippen LogP contribution in [0.2, 0.25) is 0 Å². The first-order valence-corrected chi connectivity index (χ1v) is 8.96. The van der Waals surface area contributed by atoms with E-state index in [-0.39, 0.29) is 0 Å². The molecule has 4 nitrogen and oxygen atoms in total. The predicted octanol–water partition coefficient (Wildman–Crippen LogP) is 5.25. The van der Waals surface area contributed by atoms with Crippen molar-refractivity contribution in [2.45, 2.75) is 96.8 Å². The fourth-order valence-electron chi connectivity index (χ4n) is 2.74. The maximum absolute atomic E-state index is 10.4. The van der Waals surface area contributed by atoms with Crippen LogP contribution < -0.4 is 0 Å². The van der Waals surface area contributed by atoms with E-state index in [1.165, 1.54) is 38.5 Å². The molecular formula is C18H34O4. The van der Waals surface area contributed by atoms with Crippen molar-refractivity contribution in [2.24, 2.45) is 5.92 Å². The van der Waals surface area contributed by atoms with Gasteiger partial charge in [-0.15, -0.1) is 0 Å². The summed E-state index contributed by atoms with van der Waals surface area (Å²) in [6.45, 7) is 2.31. The Hall–Kier alpha value is -1.06. The van der Waals surface area contributed by atoms with E-state index in [0.29, 0.717) is 12.8 Å². The van der Waals surface area contributed by atoms with Crippen molar-refractivity contribution in [1.82, 2.24) is 0 Å². The number of unbranched alkanes of at least 4 members (excludes halogenated alkanes) is 8. The Kier molecular flexibility index (Phi) is 14.1. The molecule has 0 rings (SSSR count). The van der Waals surface area contributed by atoms with E-state index in [2.05, 4.69) is 6.92 Å². The molecular weight excluding hydrogens is 280 g/mol. The van der Waals surface area contributed by atoms with Crippen LogP contribution in [-0.4, -0.2) is 22.2 Å². The summed E-state index contributed by atoms with van der Waals surface area (Å²) in [7, 11) is 0. The van der Waals surface area contributed by atoms with Gasteiger partial charge in [0.25, 0.3) is 0 Å². The molecule has 0 aromatic heterocycles. The van der Waals surface area contributed by atoms with Gasteiger partial charge in [0.2, 0.25) is 0 Å². The van der Waals surface area contributed by atoms with E-state index in [1.807, 2.05) is 0 Å². The molecule has 0 saturated heterocycles. The third-order valence-electron chi connectivity index (χ3n) is 4.18. The lowest BCUT2D eigenvalue weighted by Gasteiger charge is -2.10. The van der Waals surface area contributed by atoms with Crippen molar-refractivity contribution in [1.29, 1.82) is 0 Å². The van der Waals surface area contributed by atoms with Gasteiger partial charge < -0.3 is 10.2 Å². The van der Waals surface area contributed by atoms with Crippen LogP contribution in [0.4, 0.5) is 0 Å². The molecule has 130 valence electrons. The van der Waals surface area contributed by atoms with Crippen LogP contribution in [0.3, 0.4) is 0 Å². The minimum absolute atomic E-state index is 0.308. The fraction of sp³-hybridized carbons (Fsp3) is 0.889. The Morgan fingerprint density at radius 2 is 0.955 bits per heavy atom. The molecule has 22 heavy (non-hydrogen) atoms. The van der Waals surface area contributed by atoms with E-state index in [4.69, 9.17) is 10.2 Å². The second kappa shape index (κ2) is 14.9. The molecule has 0 saturated carbocycles. The zero-order valence-corrected chi connectivity index (χ0v) is 14.2. The molecule has 0 spiro atoms. The number of hydrogen-bond donors (Lipinski definition) is 2. The van der Waals surface area contributed by atoms with Crippen LogP contribution >= 0.6 is 0 Å². The Morgan fingerprint density at radius 3 is 1.32 bits per heavy atom. The van der Waals surface area contributed by atoms with Crippen molar-refractivity contribution < 1.29 is 19.8 Å². The van der Waals surface area contributed by atoms with Gasteiger partial charge in [0, 0.05) is 12.8 Å². The van der Waals surface area contributed by atoms with Crippen molar-refractivity contribution in [2.75, 3.05) is 0 Å². The minimum Gasteiger partial charge on any atom is -0.481 e. The smallest absolute Gasteiger partial charge is 0.303 e. The summed E-state index contributed by atoms with van der Waals surface area (Å²) in [5.74, 6) is -0.598. The molecule has 0 heterocycles. The summed E-state index contributed by atoms with van der Waals surface area (Å²) in [6.07, 6.45) is 14.1. The third-order valence-corrected chi connectivity index (χ3v) is 4.18. The Balaban J connectivity index is 3.20. The van der Waals surface area contributed by atoms with Gasteiger partial charge in [-0.25, -0.2) is 0 Å². The van der Waals surface area contributed by atoms with E-state index >= 15 is 0 Å². The molecule has 0 bridgehead atoms. The summed E-state index contributed by atoms with van der Waals surface area (Å²) in [5, 5.41) is 17.1. The van der Waals surface area contributed by atoms with Gasteiger partial charge in [-0.05, 0) is 18.8 Å². The lowest BCUT2D eigenvalue weighted by Crippen LogP contribution is -1.96. The second-order valence-corrected chi connectivity index (χ2v) is 6.51. The van der Waals surface area contributed by atoms with Crippen LogP contribution in [0.25, 0.3) is 0 Å². The molecule has 0 radical (unpaired) electrons. The summed E-state index contributed by atoms with van der Waals surface area (Å²) in [6, 6.07) is 0. The average molecular weight is 314 g/mol. The van der Waals surface area contributed by atoms with E-state index in [1.54, 1.807) is 0 Å². The first-order valence-electron chi connectivity index (χ1n) is 8.96. The van der Waals surface area contributed by atoms with Gasteiger partial charge in [0.05, 0.1) is 0 Å². The van der Waals surface area contributed by atoms with Gasteiger partial charge in [0.15, 0.2) is 0 Å². The lowest BCUT2D eigenvalue weighted by molar-refractivity contribution is -0.138. The van der Waals surface area contributed by atoms with Gasteiger partial charge in [-0.2, -0.15) is 0 Å². The molecule has 0 fully saturated rings. The predicted molar refractivity (Wildman–Crippen MR) is 89.1 cm³/mol. The Morgan fingerprint density at radius 1 is 0.636 bits per heavy atom. The largest absolute Gasteiger partial charge is 0.481 e. The first-order chi connectivity index (χ1) is 10.5. The van der Waals surface area contributed by atoms with Crippen LogP contribution in [0.15, 0.2) is 0 Å². The maximum atomic E-state index is 10.4. The van der Waals surface area contributed by atoms with Crippen molar-refractivity contribution in [3.8, 4) is 0 Å². The number of carboxylic acid groups (broad SMARTS) is 2. The number of hydrogen-bond acceptors (Lipinski definition) is 2. The van der Waals surface area contributed by atoms with E-state index in [9.17, 15) is 9.59 Å². The van der Waals surface area contributed by atoms with Gasteiger partial charge in [0.1, 0.15) is 0 Å². The summed E-state index contributed by atoms with van der Waals surface area (Å²) < 4.78 is 0. The average Bonchev–Trinajstić information content (AvgIpc) is 2.44. The standard InChI is InChI=1S/C18H34O4/c1-16(13-9-6-7-11-15-18(21)22)12-8-4-2-3-5-10-14-17(19)20/h16H,2-15H2,1H3,(H,19,20)(H,21,22). The highest BCUT2D eigenvalue weighted by molar-refractivity contribution is 5.66. The highest BCUT2D eigenvalue weighted by Crippen LogP contribution is 2.18. The SMILES string of the molecule is CC(CCCCCCCCC(=O)O)CCCCCCC(=O)O. The molecule has 1 unspecified atom stereocenters. The van der Waals surface area contributed by atoms with Crippen LogP contribution in [0.5, 0.6) is 0 Å². The molecule has 4 heteroatoms. The van der Waals surface area contributed by atoms with Gasteiger partial charge in [-0.1, -0.05) is 71.1 Å². The van der Waals surface area contributed by atoms with E-state index in [0.717, 1.165) is 44.4 Å². The summed E-state index contributed by atoms with van der Waals surface area (Å²) in [4.78, 5) is 20.7. The highest BCUT2D eigenvalue weighted by Gasteiger charge is 2.03. The summed E-state index contributed by atoms with van der Waals surface area (Å²) in [5.41, 5.74) is 0. The topological polar surface area (TPSA) is 74.6 Å². The molecule has 0 aliphatic rings. The molecule has 0 amide bonds. The zero-order chi connectivity index (χ0) is 16.6. The molecule has 1 atom stereocenters. The molecule has 0 aromatic rings. The van der Waals surface area contributed by atoms with Crippen molar-refractivity contribution >= 4 is 11.9 Å². The fourth-order valence-corrected chi connectivity index (χ4v) is 2.74. The maximum Gasteiger partial charge on any atom is 0.303 e. The van der Waals surface area contributed by atoms with Crippen LogP contribution in [0.1, 0.15) is 96.8 Å². The molecule has 0 aromatic carbocycles. The molecule has 2 N–H and O–H groups in total. The number of rotatable bonds is 16. The van der Waals surface area contributed by atoms with Gasteiger partial charge >= 0.3 is 11.9 Å². The first kappa shape index (κ1) is 20.9. The lowest BCUT2D eigenvalue weighted by atomic mass is 9.96. The number of aliphatic carboxylic acids is 2. The second-order valence-electron chi connectivity index (χ2n) is 6.51. The minimum atomic E-state index is -0.684. The number of carbonyl (C=O) groups is 2. The van der Waals surface area contributed by atoms with Gasteiger partial charge in [-0.3, -0.25) is 9.59 Å². The van der Waals surface area contributed by atoms with Crippen molar-refractivity contribution in [3.05, 3.63) is 0 Å². The van der Waals surface area contributed by atoms with Crippen molar-refractivity contribution in [3.63, 3.8) is 0 Å². The quantitative estimate of drug-likeness (QED) is 0.381. The van der Waals surface area contributed by atoms with Crippen LogP contribution in [-0.2, 0) is 9.59 Å². The summed E-state index contributed by atoms with van der Waals surface area (Å²) >= 11 is 0.